The number of piperazine rings is 1. The van der Waals surface area contributed by atoms with Crippen molar-refractivity contribution in [1.29, 1.82) is 0 Å². The molecule has 162 valence electrons. The normalized spacial score (nSPS) is 17.0. The van der Waals surface area contributed by atoms with Crippen LogP contribution in [0.2, 0.25) is 0 Å². The maximum absolute atomic E-state index is 12.3. The lowest BCUT2D eigenvalue weighted by molar-refractivity contribution is 0.0906. The number of aromatic nitrogens is 4. The van der Waals surface area contributed by atoms with Gasteiger partial charge in [0.2, 0.25) is 5.82 Å². The van der Waals surface area contributed by atoms with Crippen LogP contribution in [-0.2, 0) is 0 Å². The van der Waals surface area contributed by atoms with Crippen molar-refractivity contribution in [2.24, 2.45) is 0 Å². The second kappa shape index (κ2) is 9.65. The number of hydrogen-bond donors (Lipinski definition) is 1. The number of rotatable bonds is 7. The summed E-state index contributed by atoms with van der Waals surface area (Å²) in [4.78, 5) is 29.1. The standard InChI is InChI=1S/C22H27N7O2/c1-16-5-3-6-19(11-16)29-10-9-28(17(2)14-29)8-4-7-25-21(30)22-26-20(27-31-22)18-12-23-15-24-13-18/h3,5-6,11-13,15,17H,4,7-10,14H2,1-2H3,(H,25,30)/t17-/m1/s1. The molecule has 3 heterocycles. The van der Waals surface area contributed by atoms with Crippen molar-refractivity contribution in [3.63, 3.8) is 0 Å². The zero-order chi connectivity index (χ0) is 21.6. The zero-order valence-electron chi connectivity index (χ0n) is 17.9. The van der Waals surface area contributed by atoms with E-state index in [-0.39, 0.29) is 11.8 Å². The molecule has 3 aromatic rings. The maximum Gasteiger partial charge on any atom is 0.316 e. The Morgan fingerprint density at radius 2 is 2.10 bits per heavy atom. The van der Waals surface area contributed by atoms with Crippen LogP contribution < -0.4 is 10.2 Å². The number of aryl methyl sites for hydroxylation is 1. The fraction of sp³-hybridized carbons (Fsp3) is 0.409. The van der Waals surface area contributed by atoms with Crippen LogP contribution in [0.5, 0.6) is 0 Å². The number of carbonyl (C=O) groups is 1. The number of anilines is 1. The molecule has 0 saturated carbocycles. The first kappa shape index (κ1) is 20.9. The van der Waals surface area contributed by atoms with E-state index >= 15 is 0 Å². The van der Waals surface area contributed by atoms with Crippen molar-refractivity contribution in [3.8, 4) is 11.4 Å². The van der Waals surface area contributed by atoms with E-state index in [9.17, 15) is 4.79 Å². The third-order valence-corrected chi connectivity index (χ3v) is 5.48. The van der Waals surface area contributed by atoms with Crippen molar-refractivity contribution < 1.29 is 9.32 Å². The van der Waals surface area contributed by atoms with Crippen LogP contribution >= 0.6 is 0 Å². The first-order chi connectivity index (χ1) is 15.1. The topological polar surface area (TPSA) is 100 Å². The summed E-state index contributed by atoms with van der Waals surface area (Å²) in [5, 5.41) is 6.67. The summed E-state index contributed by atoms with van der Waals surface area (Å²) in [6.45, 7) is 8.89. The summed E-state index contributed by atoms with van der Waals surface area (Å²) < 4.78 is 5.06. The smallest absolute Gasteiger partial charge is 0.316 e. The lowest BCUT2D eigenvalue weighted by Gasteiger charge is -2.41. The SMILES string of the molecule is Cc1cccc(N2CCN(CCCNC(=O)c3nc(-c4cncnc4)no3)[C@H](C)C2)c1. The minimum Gasteiger partial charge on any atom is -0.369 e. The summed E-state index contributed by atoms with van der Waals surface area (Å²) in [6.07, 6.45) is 5.41. The lowest BCUT2D eigenvalue weighted by atomic mass is 10.1. The molecule has 1 aliphatic rings. The molecule has 2 aromatic heterocycles. The Morgan fingerprint density at radius 3 is 2.87 bits per heavy atom. The highest BCUT2D eigenvalue weighted by molar-refractivity contribution is 5.89. The Kier molecular flexibility index (Phi) is 6.51. The molecule has 0 unspecified atom stereocenters. The van der Waals surface area contributed by atoms with Gasteiger partial charge < -0.3 is 14.7 Å². The van der Waals surface area contributed by atoms with Gasteiger partial charge in [-0.15, -0.1) is 0 Å². The van der Waals surface area contributed by atoms with E-state index in [1.54, 1.807) is 12.4 Å². The molecule has 1 amide bonds. The van der Waals surface area contributed by atoms with Crippen LogP contribution in [0.25, 0.3) is 11.4 Å². The molecule has 1 N–H and O–H groups in total. The van der Waals surface area contributed by atoms with E-state index in [1.165, 1.54) is 17.6 Å². The van der Waals surface area contributed by atoms with E-state index in [2.05, 4.69) is 73.3 Å². The van der Waals surface area contributed by atoms with Crippen molar-refractivity contribution in [1.82, 2.24) is 30.3 Å². The van der Waals surface area contributed by atoms with E-state index in [4.69, 9.17) is 4.52 Å². The molecule has 1 fully saturated rings. The summed E-state index contributed by atoms with van der Waals surface area (Å²) in [5.41, 5.74) is 3.18. The Balaban J connectivity index is 1.21. The van der Waals surface area contributed by atoms with Crippen molar-refractivity contribution in [2.75, 3.05) is 37.6 Å². The molecule has 1 aliphatic heterocycles. The van der Waals surface area contributed by atoms with Crippen molar-refractivity contribution in [2.45, 2.75) is 26.3 Å². The molecular weight excluding hydrogens is 394 g/mol. The summed E-state index contributed by atoms with van der Waals surface area (Å²) in [5.74, 6) is -0.127. The van der Waals surface area contributed by atoms with Crippen LogP contribution in [0.15, 0.2) is 47.5 Å². The fourth-order valence-electron chi connectivity index (χ4n) is 3.79. The second-order valence-electron chi connectivity index (χ2n) is 7.83. The highest BCUT2D eigenvalue weighted by Gasteiger charge is 2.23. The van der Waals surface area contributed by atoms with Crippen LogP contribution in [0.3, 0.4) is 0 Å². The summed E-state index contributed by atoms with van der Waals surface area (Å²) in [7, 11) is 0. The van der Waals surface area contributed by atoms with Gasteiger partial charge in [-0.05, 0) is 38.0 Å². The average Bonchev–Trinajstić information content (AvgIpc) is 3.28. The molecule has 0 bridgehead atoms. The number of nitrogens with zero attached hydrogens (tertiary/aromatic N) is 6. The van der Waals surface area contributed by atoms with Gasteiger partial charge in [0.25, 0.3) is 0 Å². The van der Waals surface area contributed by atoms with E-state index in [1.807, 2.05) is 0 Å². The molecule has 1 aromatic carbocycles. The lowest BCUT2D eigenvalue weighted by Crippen LogP contribution is -2.52. The molecule has 1 saturated heterocycles. The molecule has 31 heavy (non-hydrogen) atoms. The van der Waals surface area contributed by atoms with Crippen LogP contribution in [0, 0.1) is 6.92 Å². The molecule has 9 heteroatoms. The monoisotopic (exact) mass is 421 g/mol. The maximum atomic E-state index is 12.3. The Hall–Kier alpha value is -3.33. The molecule has 0 spiro atoms. The van der Waals surface area contributed by atoms with Gasteiger partial charge in [-0.1, -0.05) is 17.3 Å². The zero-order valence-corrected chi connectivity index (χ0v) is 17.9. The highest BCUT2D eigenvalue weighted by atomic mass is 16.5. The van der Waals surface area contributed by atoms with E-state index in [0.29, 0.717) is 24.0 Å². The van der Waals surface area contributed by atoms with Gasteiger partial charge in [-0.25, -0.2) is 9.97 Å². The van der Waals surface area contributed by atoms with Crippen LogP contribution in [0.4, 0.5) is 5.69 Å². The third-order valence-electron chi connectivity index (χ3n) is 5.48. The fourth-order valence-corrected chi connectivity index (χ4v) is 3.79. The summed E-state index contributed by atoms with van der Waals surface area (Å²) >= 11 is 0. The molecule has 1 atom stereocenters. The van der Waals surface area contributed by atoms with Crippen molar-refractivity contribution in [3.05, 3.63) is 54.4 Å². The largest absolute Gasteiger partial charge is 0.369 e. The van der Waals surface area contributed by atoms with Gasteiger partial charge >= 0.3 is 11.8 Å². The van der Waals surface area contributed by atoms with Gasteiger partial charge in [0.05, 0.1) is 5.56 Å². The molecule has 4 rings (SSSR count). The summed E-state index contributed by atoms with van der Waals surface area (Å²) in [6, 6.07) is 9.12. The minimum absolute atomic E-state index is 0.0565. The Labute approximate surface area is 181 Å². The third kappa shape index (κ3) is 5.24. The van der Waals surface area contributed by atoms with Gasteiger partial charge in [-0.2, -0.15) is 4.98 Å². The first-order valence-corrected chi connectivity index (χ1v) is 10.5. The average molecular weight is 422 g/mol. The molecular formula is C22H27N7O2. The van der Waals surface area contributed by atoms with Crippen LogP contribution in [-0.4, -0.2) is 69.7 Å². The Bertz CT molecular complexity index is 1010. The molecule has 9 nitrogen and oxygen atoms in total. The molecule has 0 radical (unpaired) electrons. The van der Waals surface area contributed by atoms with Gasteiger partial charge in [0.15, 0.2) is 0 Å². The quantitative estimate of drug-likeness (QED) is 0.580. The van der Waals surface area contributed by atoms with Gasteiger partial charge in [-0.3, -0.25) is 9.69 Å². The Morgan fingerprint density at radius 1 is 1.26 bits per heavy atom. The highest BCUT2D eigenvalue weighted by Crippen LogP contribution is 2.20. The van der Waals surface area contributed by atoms with Crippen molar-refractivity contribution >= 4 is 11.6 Å². The van der Waals surface area contributed by atoms with Gasteiger partial charge in [0, 0.05) is 56.8 Å². The minimum atomic E-state index is -0.368. The van der Waals surface area contributed by atoms with E-state index in [0.717, 1.165) is 32.6 Å². The molecule has 0 aliphatic carbocycles. The first-order valence-electron chi connectivity index (χ1n) is 10.5. The van der Waals surface area contributed by atoms with Gasteiger partial charge in [0.1, 0.15) is 6.33 Å². The number of hydrogen-bond acceptors (Lipinski definition) is 8. The second-order valence-corrected chi connectivity index (χ2v) is 7.83. The van der Waals surface area contributed by atoms with E-state index < -0.39 is 0 Å². The predicted molar refractivity (Wildman–Crippen MR) is 117 cm³/mol. The predicted octanol–water partition coefficient (Wildman–Crippen LogP) is 2.17. The number of carbonyl (C=O) groups excluding carboxylic acids is 1. The number of amides is 1. The van der Waals surface area contributed by atoms with Crippen LogP contribution in [0.1, 0.15) is 29.6 Å². The number of benzene rings is 1. The number of nitrogens with one attached hydrogen (secondary N) is 1.